The molecule has 1 aromatic carbocycles. The van der Waals surface area contributed by atoms with Gasteiger partial charge in [-0.15, -0.1) is 0 Å². The second kappa shape index (κ2) is 8.33. The molecule has 1 atom stereocenters. The van der Waals surface area contributed by atoms with E-state index in [4.69, 9.17) is 0 Å². The van der Waals surface area contributed by atoms with Gasteiger partial charge >= 0.3 is 0 Å². The summed E-state index contributed by atoms with van der Waals surface area (Å²) in [6, 6.07) is 6.03. The molecule has 0 spiro atoms. The molecule has 2 amide bonds. The number of fused-ring (bicyclic) bond motifs is 1. The van der Waals surface area contributed by atoms with Crippen molar-refractivity contribution in [2.75, 3.05) is 13.1 Å². The zero-order valence-electron chi connectivity index (χ0n) is 16.7. The summed E-state index contributed by atoms with van der Waals surface area (Å²) in [5, 5.41) is 3.02. The van der Waals surface area contributed by atoms with Crippen molar-refractivity contribution < 1.29 is 9.59 Å². The Morgan fingerprint density at radius 2 is 2.07 bits per heavy atom. The van der Waals surface area contributed by atoms with Gasteiger partial charge in [0.2, 0.25) is 11.8 Å². The van der Waals surface area contributed by atoms with Crippen LogP contribution in [0.2, 0.25) is 0 Å². The van der Waals surface area contributed by atoms with E-state index in [1.165, 1.54) is 32.1 Å². The van der Waals surface area contributed by atoms with E-state index in [9.17, 15) is 9.59 Å². The summed E-state index contributed by atoms with van der Waals surface area (Å²) >= 11 is 0. The molecular weight excluding hydrogens is 352 g/mol. The number of rotatable bonds is 5. The molecule has 0 unspecified atom stereocenters. The highest BCUT2D eigenvalue weighted by molar-refractivity contribution is 5.84. The summed E-state index contributed by atoms with van der Waals surface area (Å²) in [4.78, 5) is 34.8. The van der Waals surface area contributed by atoms with Crippen molar-refractivity contribution in [2.24, 2.45) is 11.8 Å². The molecule has 2 aliphatic rings. The lowest BCUT2D eigenvalue weighted by Crippen LogP contribution is -2.47. The zero-order valence-corrected chi connectivity index (χ0v) is 16.7. The van der Waals surface area contributed by atoms with Gasteiger partial charge in [0.15, 0.2) is 0 Å². The fraction of sp³-hybridized carbons (Fsp3) is 0.591. The van der Waals surface area contributed by atoms with Crippen LogP contribution in [-0.2, 0) is 16.1 Å². The molecule has 1 aliphatic carbocycles. The van der Waals surface area contributed by atoms with Gasteiger partial charge in [-0.2, -0.15) is 0 Å². The maximum atomic E-state index is 12.7. The molecule has 0 bridgehead atoms. The molecule has 150 valence electrons. The van der Waals surface area contributed by atoms with Crippen LogP contribution in [0.4, 0.5) is 0 Å². The molecule has 1 aliphatic heterocycles. The van der Waals surface area contributed by atoms with Crippen molar-refractivity contribution in [1.82, 2.24) is 20.2 Å². The normalized spacial score (nSPS) is 21.2. The van der Waals surface area contributed by atoms with E-state index in [-0.39, 0.29) is 17.7 Å². The number of carbonyl (C=O) groups is 2. The SMILES string of the molecule is Cc1cccc2[nH]c(CNC(=O)[C@H]3CCC(=O)N(CC4CCCCC4)C3)nc12. The fourth-order valence-corrected chi connectivity index (χ4v) is 4.61. The smallest absolute Gasteiger partial charge is 0.225 e. The molecule has 2 aromatic rings. The monoisotopic (exact) mass is 382 g/mol. The Kier molecular flexibility index (Phi) is 5.64. The first kappa shape index (κ1) is 19.0. The molecule has 28 heavy (non-hydrogen) atoms. The zero-order chi connectivity index (χ0) is 19.5. The Hall–Kier alpha value is -2.37. The maximum Gasteiger partial charge on any atom is 0.225 e. The lowest BCUT2D eigenvalue weighted by Gasteiger charge is -2.35. The predicted molar refractivity (Wildman–Crippen MR) is 109 cm³/mol. The fourth-order valence-electron chi connectivity index (χ4n) is 4.61. The Morgan fingerprint density at radius 1 is 1.25 bits per heavy atom. The van der Waals surface area contributed by atoms with E-state index in [1.54, 1.807) is 0 Å². The van der Waals surface area contributed by atoms with Gasteiger partial charge in [-0.3, -0.25) is 9.59 Å². The van der Waals surface area contributed by atoms with Gasteiger partial charge in [0.05, 0.1) is 23.5 Å². The van der Waals surface area contributed by atoms with Gasteiger partial charge < -0.3 is 15.2 Å². The van der Waals surface area contributed by atoms with Crippen LogP contribution in [0.1, 0.15) is 56.3 Å². The molecule has 2 heterocycles. The van der Waals surface area contributed by atoms with Crippen LogP contribution in [0.3, 0.4) is 0 Å². The summed E-state index contributed by atoms with van der Waals surface area (Å²) < 4.78 is 0. The van der Waals surface area contributed by atoms with Crippen molar-refractivity contribution >= 4 is 22.8 Å². The summed E-state index contributed by atoms with van der Waals surface area (Å²) in [5.41, 5.74) is 3.07. The van der Waals surface area contributed by atoms with Crippen LogP contribution in [0.5, 0.6) is 0 Å². The van der Waals surface area contributed by atoms with E-state index in [0.717, 1.165) is 29.0 Å². The van der Waals surface area contributed by atoms with Gasteiger partial charge in [0, 0.05) is 19.5 Å². The summed E-state index contributed by atoms with van der Waals surface area (Å²) in [6.07, 6.45) is 7.41. The van der Waals surface area contributed by atoms with Gasteiger partial charge in [-0.25, -0.2) is 4.98 Å². The van der Waals surface area contributed by atoms with Crippen molar-refractivity contribution in [3.8, 4) is 0 Å². The third-order valence-corrected chi connectivity index (χ3v) is 6.27. The number of hydrogen-bond donors (Lipinski definition) is 2. The first-order valence-electron chi connectivity index (χ1n) is 10.6. The van der Waals surface area contributed by atoms with Crippen molar-refractivity contribution in [1.29, 1.82) is 0 Å². The lowest BCUT2D eigenvalue weighted by atomic mass is 9.87. The van der Waals surface area contributed by atoms with Gasteiger partial charge in [0.25, 0.3) is 0 Å². The lowest BCUT2D eigenvalue weighted by molar-refractivity contribution is -0.139. The first-order valence-corrected chi connectivity index (χ1v) is 10.6. The quantitative estimate of drug-likeness (QED) is 0.833. The molecule has 6 heteroatoms. The number of likely N-dealkylation sites (tertiary alicyclic amines) is 1. The average Bonchev–Trinajstić information content (AvgIpc) is 3.13. The largest absolute Gasteiger partial charge is 0.349 e. The highest BCUT2D eigenvalue weighted by atomic mass is 16.2. The van der Waals surface area contributed by atoms with Crippen LogP contribution in [-0.4, -0.2) is 39.8 Å². The summed E-state index contributed by atoms with van der Waals surface area (Å²) in [6.45, 7) is 3.80. The number of amides is 2. The number of piperidine rings is 1. The standard InChI is InChI=1S/C22H30N4O2/c1-15-6-5-9-18-21(15)25-19(24-18)12-23-22(28)17-10-11-20(27)26(14-17)13-16-7-3-2-4-8-16/h5-6,9,16-17H,2-4,7-8,10-14H2,1H3,(H,23,28)(H,24,25)/t17-/m0/s1. The van der Waals surface area contributed by atoms with Gasteiger partial charge in [-0.1, -0.05) is 31.4 Å². The topological polar surface area (TPSA) is 78.1 Å². The minimum Gasteiger partial charge on any atom is -0.349 e. The van der Waals surface area contributed by atoms with E-state index in [0.29, 0.717) is 31.8 Å². The second-order valence-electron chi connectivity index (χ2n) is 8.41. The Morgan fingerprint density at radius 3 is 2.86 bits per heavy atom. The van der Waals surface area contributed by atoms with Crippen LogP contribution in [0, 0.1) is 18.8 Å². The van der Waals surface area contributed by atoms with Crippen LogP contribution >= 0.6 is 0 Å². The number of hydrogen-bond acceptors (Lipinski definition) is 3. The Labute approximate surface area is 166 Å². The molecule has 6 nitrogen and oxygen atoms in total. The number of para-hydroxylation sites is 1. The van der Waals surface area contributed by atoms with Gasteiger partial charge in [-0.05, 0) is 43.7 Å². The first-order chi connectivity index (χ1) is 13.6. The molecule has 2 fully saturated rings. The Balaban J connectivity index is 1.33. The summed E-state index contributed by atoms with van der Waals surface area (Å²) in [7, 11) is 0. The number of aromatic amines is 1. The number of H-pyrrole nitrogens is 1. The molecule has 4 rings (SSSR count). The van der Waals surface area contributed by atoms with Crippen LogP contribution in [0.25, 0.3) is 11.0 Å². The van der Waals surface area contributed by atoms with Crippen LogP contribution < -0.4 is 5.32 Å². The number of benzene rings is 1. The van der Waals surface area contributed by atoms with Crippen molar-refractivity contribution in [2.45, 2.75) is 58.4 Å². The minimum atomic E-state index is -0.118. The van der Waals surface area contributed by atoms with Crippen LogP contribution in [0.15, 0.2) is 18.2 Å². The Bertz CT molecular complexity index is 853. The number of nitrogens with zero attached hydrogens (tertiary/aromatic N) is 2. The third kappa shape index (κ3) is 4.21. The number of nitrogens with one attached hydrogen (secondary N) is 2. The second-order valence-corrected chi connectivity index (χ2v) is 8.41. The van der Waals surface area contributed by atoms with E-state index < -0.39 is 0 Å². The van der Waals surface area contributed by atoms with E-state index >= 15 is 0 Å². The van der Waals surface area contributed by atoms with Gasteiger partial charge in [0.1, 0.15) is 5.82 Å². The maximum absolute atomic E-state index is 12.7. The highest BCUT2D eigenvalue weighted by Crippen LogP contribution is 2.27. The van der Waals surface area contributed by atoms with Crippen molar-refractivity contribution in [3.63, 3.8) is 0 Å². The third-order valence-electron chi connectivity index (χ3n) is 6.27. The molecular formula is C22H30N4O2. The molecule has 2 N–H and O–H groups in total. The molecule has 1 saturated heterocycles. The predicted octanol–water partition coefficient (Wildman–Crippen LogP) is 3.31. The summed E-state index contributed by atoms with van der Waals surface area (Å²) in [5.74, 6) is 1.50. The number of aromatic nitrogens is 2. The van der Waals surface area contributed by atoms with E-state index in [1.807, 2.05) is 30.0 Å². The molecule has 1 saturated carbocycles. The van der Waals surface area contributed by atoms with E-state index in [2.05, 4.69) is 15.3 Å². The molecule has 0 radical (unpaired) electrons. The number of aryl methyl sites for hydroxylation is 1. The van der Waals surface area contributed by atoms with Crippen molar-refractivity contribution in [3.05, 3.63) is 29.6 Å². The minimum absolute atomic E-state index is 0.0262. The highest BCUT2D eigenvalue weighted by Gasteiger charge is 2.31. The average molecular weight is 383 g/mol. The molecule has 1 aromatic heterocycles. The number of imidazole rings is 1. The number of carbonyl (C=O) groups excluding carboxylic acids is 2.